The summed E-state index contributed by atoms with van der Waals surface area (Å²) in [5.41, 5.74) is 2.44. The van der Waals surface area contributed by atoms with Crippen LogP contribution in [0.2, 0.25) is 10.0 Å². The molecule has 0 aliphatic rings. The number of hydrogen-bond donors (Lipinski definition) is 1. The predicted molar refractivity (Wildman–Crippen MR) is 184 cm³/mol. The Labute approximate surface area is 283 Å². The van der Waals surface area contributed by atoms with E-state index >= 15 is 0 Å². The van der Waals surface area contributed by atoms with Crippen molar-refractivity contribution in [3.8, 4) is 0 Å². The molecule has 4 rings (SSSR count). The van der Waals surface area contributed by atoms with Gasteiger partial charge in [-0.1, -0.05) is 93.2 Å². The summed E-state index contributed by atoms with van der Waals surface area (Å²) < 4.78 is 30.0. The number of aryl methyl sites for hydroxylation is 1. The smallest absolute Gasteiger partial charge is 0.264 e. The largest absolute Gasteiger partial charge is 0.352 e. The van der Waals surface area contributed by atoms with Gasteiger partial charge in [0.25, 0.3) is 10.0 Å². The fourth-order valence-corrected chi connectivity index (χ4v) is 6.96. The van der Waals surface area contributed by atoms with Crippen molar-refractivity contribution in [1.29, 1.82) is 0 Å². The van der Waals surface area contributed by atoms with Crippen LogP contribution in [0.15, 0.2) is 106 Å². The second-order valence-electron chi connectivity index (χ2n) is 10.9. The SMILES string of the molecule is Cc1ccc(S(=O)(=O)N(CC(=O)N(Cc2c(Cl)cccc2Cl)C(Cc2ccccc2)C(=O)NC(C)C)c2ccc(Br)cc2)cc1. The summed E-state index contributed by atoms with van der Waals surface area (Å²) in [7, 11) is -4.21. The number of nitrogens with one attached hydrogen (secondary N) is 1. The van der Waals surface area contributed by atoms with E-state index in [2.05, 4.69) is 21.2 Å². The molecule has 0 fully saturated rings. The number of sulfonamides is 1. The molecule has 0 radical (unpaired) electrons. The molecule has 236 valence electrons. The zero-order chi connectivity index (χ0) is 32.7. The van der Waals surface area contributed by atoms with Gasteiger partial charge in [0.1, 0.15) is 12.6 Å². The molecule has 1 N–H and O–H groups in total. The lowest BCUT2D eigenvalue weighted by atomic mass is 10.0. The van der Waals surface area contributed by atoms with Gasteiger partial charge in [-0.15, -0.1) is 0 Å². The Balaban J connectivity index is 1.83. The number of hydrogen-bond acceptors (Lipinski definition) is 4. The van der Waals surface area contributed by atoms with E-state index in [4.69, 9.17) is 23.2 Å². The molecule has 0 bridgehead atoms. The molecule has 4 aromatic carbocycles. The Morgan fingerprint density at radius 3 is 2.02 bits per heavy atom. The summed E-state index contributed by atoms with van der Waals surface area (Å²) in [4.78, 5) is 29.7. The molecule has 45 heavy (non-hydrogen) atoms. The van der Waals surface area contributed by atoms with Gasteiger partial charge in [-0.3, -0.25) is 13.9 Å². The lowest BCUT2D eigenvalue weighted by molar-refractivity contribution is -0.140. The van der Waals surface area contributed by atoms with Gasteiger partial charge < -0.3 is 10.2 Å². The van der Waals surface area contributed by atoms with Crippen LogP contribution >= 0.6 is 39.1 Å². The highest BCUT2D eigenvalue weighted by Crippen LogP contribution is 2.29. The monoisotopic (exact) mass is 729 g/mol. The van der Waals surface area contributed by atoms with Crippen molar-refractivity contribution >= 4 is 66.7 Å². The number of halogens is 3. The van der Waals surface area contributed by atoms with E-state index in [1.807, 2.05) is 51.1 Å². The Hall–Kier alpha value is -3.37. The molecule has 0 heterocycles. The van der Waals surface area contributed by atoms with Crippen LogP contribution in [0.5, 0.6) is 0 Å². The van der Waals surface area contributed by atoms with Crippen molar-refractivity contribution in [3.05, 3.63) is 128 Å². The third kappa shape index (κ3) is 8.88. The summed E-state index contributed by atoms with van der Waals surface area (Å²) in [5.74, 6) is -0.994. The molecule has 1 unspecified atom stereocenters. The minimum Gasteiger partial charge on any atom is -0.352 e. The molecular formula is C34H34BrCl2N3O4S. The summed E-state index contributed by atoms with van der Waals surface area (Å²) >= 11 is 16.5. The van der Waals surface area contributed by atoms with Crippen LogP contribution in [0.3, 0.4) is 0 Å². The van der Waals surface area contributed by atoms with Crippen molar-refractivity contribution < 1.29 is 18.0 Å². The first-order chi connectivity index (χ1) is 21.4. The lowest BCUT2D eigenvalue weighted by Gasteiger charge is -2.34. The number of nitrogens with zero attached hydrogens (tertiary/aromatic N) is 2. The summed E-state index contributed by atoms with van der Waals surface area (Å²) in [6, 6.07) is 26.2. The maximum Gasteiger partial charge on any atom is 0.264 e. The molecule has 0 aliphatic carbocycles. The maximum atomic E-state index is 14.5. The zero-order valence-corrected chi connectivity index (χ0v) is 29.0. The second-order valence-corrected chi connectivity index (χ2v) is 14.5. The van der Waals surface area contributed by atoms with Gasteiger partial charge in [-0.2, -0.15) is 0 Å². The number of carbonyl (C=O) groups is 2. The third-order valence-electron chi connectivity index (χ3n) is 7.09. The standard InChI is InChI=1S/C34H34BrCl2N3O4S/c1-23(2)38-34(42)32(20-25-8-5-4-6-9-25)39(21-29-30(36)10-7-11-31(29)37)33(41)22-40(27-16-14-26(35)15-17-27)45(43,44)28-18-12-24(3)13-19-28/h4-19,23,32H,20-22H2,1-3H3,(H,38,42). The first kappa shape index (κ1) is 34.5. The van der Waals surface area contributed by atoms with E-state index in [9.17, 15) is 18.0 Å². The first-order valence-electron chi connectivity index (χ1n) is 14.3. The van der Waals surface area contributed by atoms with Crippen LogP contribution in [0.1, 0.15) is 30.5 Å². The van der Waals surface area contributed by atoms with E-state index in [1.54, 1.807) is 54.6 Å². The van der Waals surface area contributed by atoms with Crippen LogP contribution in [-0.4, -0.2) is 43.8 Å². The highest BCUT2D eigenvalue weighted by molar-refractivity contribution is 9.10. The average Bonchev–Trinajstić information content (AvgIpc) is 2.99. The second kappa shape index (κ2) is 15.3. The number of amides is 2. The highest BCUT2D eigenvalue weighted by Gasteiger charge is 2.35. The van der Waals surface area contributed by atoms with Gasteiger partial charge >= 0.3 is 0 Å². The number of benzene rings is 4. The summed E-state index contributed by atoms with van der Waals surface area (Å²) in [5, 5.41) is 3.57. The molecule has 2 amide bonds. The van der Waals surface area contributed by atoms with Gasteiger partial charge in [0.05, 0.1) is 10.6 Å². The van der Waals surface area contributed by atoms with Gasteiger partial charge in [0, 0.05) is 39.1 Å². The fourth-order valence-electron chi connectivity index (χ4n) is 4.76. The molecule has 4 aromatic rings. The van der Waals surface area contributed by atoms with E-state index in [0.717, 1.165) is 19.9 Å². The van der Waals surface area contributed by atoms with E-state index in [-0.39, 0.29) is 35.5 Å². The normalized spacial score (nSPS) is 12.1. The van der Waals surface area contributed by atoms with Crippen LogP contribution in [0.25, 0.3) is 0 Å². The molecule has 0 spiro atoms. The van der Waals surface area contributed by atoms with Gasteiger partial charge in [0.15, 0.2) is 0 Å². The number of rotatable bonds is 12. The van der Waals surface area contributed by atoms with Crippen molar-refractivity contribution in [3.63, 3.8) is 0 Å². The average molecular weight is 732 g/mol. The molecule has 0 saturated heterocycles. The topological polar surface area (TPSA) is 86.8 Å². The minimum atomic E-state index is -4.21. The fraction of sp³-hybridized carbons (Fsp3) is 0.235. The quantitative estimate of drug-likeness (QED) is 0.164. The van der Waals surface area contributed by atoms with Crippen LogP contribution in [-0.2, 0) is 32.6 Å². The molecule has 11 heteroatoms. The Morgan fingerprint density at radius 2 is 1.44 bits per heavy atom. The highest BCUT2D eigenvalue weighted by atomic mass is 79.9. The first-order valence-corrected chi connectivity index (χ1v) is 17.3. The molecular weight excluding hydrogens is 697 g/mol. The Morgan fingerprint density at radius 1 is 0.844 bits per heavy atom. The minimum absolute atomic E-state index is 0.0305. The van der Waals surface area contributed by atoms with E-state index in [1.165, 1.54) is 17.0 Å². The van der Waals surface area contributed by atoms with Crippen molar-refractivity contribution in [1.82, 2.24) is 10.2 Å². The van der Waals surface area contributed by atoms with Crippen LogP contribution in [0.4, 0.5) is 5.69 Å². The van der Waals surface area contributed by atoms with Crippen molar-refractivity contribution in [2.24, 2.45) is 0 Å². The maximum absolute atomic E-state index is 14.5. The summed E-state index contributed by atoms with van der Waals surface area (Å²) in [6.45, 7) is 4.81. The lowest BCUT2D eigenvalue weighted by Crippen LogP contribution is -2.54. The van der Waals surface area contributed by atoms with Gasteiger partial charge in [0.2, 0.25) is 11.8 Å². The molecule has 0 aliphatic heterocycles. The molecule has 0 saturated carbocycles. The van der Waals surface area contributed by atoms with Crippen molar-refractivity contribution in [2.45, 2.75) is 50.7 Å². The predicted octanol–water partition coefficient (Wildman–Crippen LogP) is 7.42. The number of carbonyl (C=O) groups excluding carboxylic acids is 2. The number of anilines is 1. The van der Waals surface area contributed by atoms with Crippen LogP contribution < -0.4 is 9.62 Å². The third-order valence-corrected chi connectivity index (χ3v) is 10.1. The summed E-state index contributed by atoms with van der Waals surface area (Å²) in [6.07, 6.45) is 0.177. The van der Waals surface area contributed by atoms with Gasteiger partial charge in [-0.05, 0) is 74.9 Å². The van der Waals surface area contributed by atoms with E-state index in [0.29, 0.717) is 15.6 Å². The van der Waals surface area contributed by atoms with Gasteiger partial charge in [-0.25, -0.2) is 8.42 Å². The zero-order valence-electron chi connectivity index (χ0n) is 25.1. The molecule has 0 aromatic heterocycles. The Kier molecular flexibility index (Phi) is 11.7. The molecule has 1 atom stereocenters. The molecule has 7 nitrogen and oxygen atoms in total. The van der Waals surface area contributed by atoms with Crippen LogP contribution in [0, 0.1) is 6.92 Å². The van der Waals surface area contributed by atoms with E-state index < -0.39 is 28.5 Å². The van der Waals surface area contributed by atoms with Crippen molar-refractivity contribution in [2.75, 3.05) is 10.8 Å². The Bertz CT molecular complexity index is 1720.